The van der Waals surface area contributed by atoms with Gasteiger partial charge in [-0.3, -0.25) is 0 Å². The number of hydrogen-bond acceptors (Lipinski definition) is 2. The molecule has 1 unspecified atom stereocenters. The highest BCUT2D eigenvalue weighted by Gasteiger charge is 2.12. The molecule has 0 radical (unpaired) electrons. The summed E-state index contributed by atoms with van der Waals surface area (Å²) in [5.74, 6) is 0.848. The molecule has 2 aromatic rings. The zero-order chi connectivity index (χ0) is 13.7. The molecule has 0 aromatic heterocycles. The van der Waals surface area contributed by atoms with Crippen LogP contribution in [0.5, 0.6) is 5.75 Å². The van der Waals surface area contributed by atoms with E-state index in [0.29, 0.717) is 0 Å². The maximum atomic E-state index is 10.4. The van der Waals surface area contributed by atoms with Crippen LogP contribution >= 0.6 is 22.6 Å². The third kappa shape index (κ3) is 3.70. The minimum atomic E-state index is -0.590. The first kappa shape index (κ1) is 14.3. The molecule has 0 bridgehead atoms. The number of benzene rings is 2. The summed E-state index contributed by atoms with van der Waals surface area (Å²) in [4.78, 5) is 0. The lowest BCUT2D eigenvalue weighted by Gasteiger charge is -2.14. The third-order valence-corrected chi connectivity index (χ3v) is 3.85. The molecule has 0 amide bonds. The van der Waals surface area contributed by atoms with Gasteiger partial charge in [-0.1, -0.05) is 37.3 Å². The highest BCUT2D eigenvalue weighted by Crippen LogP contribution is 2.27. The highest BCUT2D eigenvalue weighted by molar-refractivity contribution is 14.1. The second-order valence-electron chi connectivity index (χ2n) is 4.34. The summed E-state index contributed by atoms with van der Waals surface area (Å²) in [6, 6.07) is 15.5. The predicted octanol–water partition coefficient (Wildman–Crippen LogP) is 4.16. The van der Waals surface area contributed by atoms with Crippen molar-refractivity contribution in [3.8, 4) is 5.75 Å². The Balaban J connectivity index is 2.16. The highest BCUT2D eigenvalue weighted by atomic mass is 127. The molecule has 0 aliphatic heterocycles. The van der Waals surface area contributed by atoms with Gasteiger partial charge in [-0.25, -0.2) is 0 Å². The second-order valence-corrected chi connectivity index (χ2v) is 5.50. The summed E-state index contributed by atoms with van der Waals surface area (Å²) in [6.45, 7) is 2.80. The van der Waals surface area contributed by atoms with Crippen LogP contribution in [0, 0.1) is 3.57 Å². The minimum Gasteiger partial charge on any atom is -0.494 e. The Bertz CT molecular complexity index is 523. The van der Waals surface area contributed by atoms with Crippen LogP contribution in [0.1, 0.15) is 30.6 Å². The Morgan fingerprint density at radius 3 is 2.42 bits per heavy atom. The Morgan fingerprint density at radius 1 is 1.11 bits per heavy atom. The molecule has 0 spiro atoms. The maximum Gasteiger partial charge on any atom is 0.119 e. The third-order valence-electron chi connectivity index (χ3n) is 2.87. The fourth-order valence-electron chi connectivity index (χ4n) is 1.84. The Hall–Kier alpha value is -1.07. The molecule has 2 aromatic carbocycles. The van der Waals surface area contributed by atoms with Crippen molar-refractivity contribution in [2.75, 3.05) is 6.61 Å². The van der Waals surface area contributed by atoms with Gasteiger partial charge in [0.25, 0.3) is 0 Å². The normalized spacial score (nSPS) is 12.2. The summed E-state index contributed by atoms with van der Waals surface area (Å²) in [5.41, 5.74) is 1.82. The number of rotatable bonds is 5. The van der Waals surface area contributed by atoms with E-state index in [1.54, 1.807) is 0 Å². The number of ether oxygens (including phenoxy) is 1. The molecule has 0 aliphatic carbocycles. The molecule has 0 fully saturated rings. The molecule has 1 N–H and O–H groups in total. The van der Waals surface area contributed by atoms with Crippen LogP contribution < -0.4 is 4.74 Å². The van der Waals surface area contributed by atoms with Crippen molar-refractivity contribution in [2.45, 2.75) is 19.4 Å². The van der Waals surface area contributed by atoms with Gasteiger partial charge in [-0.05, 0) is 58.3 Å². The molecule has 0 saturated heterocycles. The topological polar surface area (TPSA) is 29.5 Å². The summed E-state index contributed by atoms with van der Waals surface area (Å²) in [6.07, 6.45) is 0.403. The number of aliphatic hydroxyl groups is 1. The van der Waals surface area contributed by atoms with Crippen molar-refractivity contribution in [1.82, 2.24) is 0 Å². The van der Waals surface area contributed by atoms with E-state index in [9.17, 15) is 5.11 Å². The summed E-state index contributed by atoms with van der Waals surface area (Å²) in [7, 11) is 0. The standard InChI is InChI=1S/C16H17IO2/c1-2-11-19-13-9-7-12(8-10-13)16(18)14-5-3-4-6-15(14)17/h3-10,16,18H,2,11H2,1H3. The van der Waals surface area contributed by atoms with Gasteiger partial charge in [-0.15, -0.1) is 0 Å². The number of aliphatic hydroxyl groups excluding tert-OH is 1. The van der Waals surface area contributed by atoms with Crippen LogP contribution in [-0.2, 0) is 0 Å². The monoisotopic (exact) mass is 368 g/mol. The molecule has 0 aliphatic rings. The maximum absolute atomic E-state index is 10.4. The van der Waals surface area contributed by atoms with Crippen LogP contribution in [0.3, 0.4) is 0 Å². The van der Waals surface area contributed by atoms with Crippen molar-refractivity contribution in [3.63, 3.8) is 0 Å². The van der Waals surface area contributed by atoms with Crippen LogP contribution in [0.4, 0.5) is 0 Å². The van der Waals surface area contributed by atoms with Crippen LogP contribution in [-0.4, -0.2) is 11.7 Å². The van der Waals surface area contributed by atoms with Crippen molar-refractivity contribution in [2.24, 2.45) is 0 Å². The molecule has 2 nitrogen and oxygen atoms in total. The van der Waals surface area contributed by atoms with E-state index >= 15 is 0 Å². The minimum absolute atomic E-state index is 0.590. The quantitative estimate of drug-likeness (QED) is 0.804. The van der Waals surface area contributed by atoms with Crippen molar-refractivity contribution in [1.29, 1.82) is 0 Å². The Morgan fingerprint density at radius 2 is 1.79 bits per heavy atom. The summed E-state index contributed by atoms with van der Waals surface area (Å²) >= 11 is 2.24. The summed E-state index contributed by atoms with van der Waals surface area (Å²) < 4.78 is 6.60. The van der Waals surface area contributed by atoms with E-state index < -0.39 is 6.10 Å². The van der Waals surface area contributed by atoms with Crippen molar-refractivity contribution >= 4 is 22.6 Å². The molecule has 0 saturated carbocycles. The zero-order valence-electron chi connectivity index (χ0n) is 10.8. The van der Waals surface area contributed by atoms with Gasteiger partial charge >= 0.3 is 0 Å². The van der Waals surface area contributed by atoms with E-state index in [4.69, 9.17) is 4.74 Å². The van der Waals surface area contributed by atoms with Gasteiger partial charge < -0.3 is 9.84 Å². The lowest BCUT2D eigenvalue weighted by molar-refractivity contribution is 0.219. The average Bonchev–Trinajstić information content (AvgIpc) is 2.45. The molecule has 3 heteroatoms. The van der Waals surface area contributed by atoms with Crippen molar-refractivity contribution < 1.29 is 9.84 Å². The smallest absolute Gasteiger partial charge is 0.119 e. The average molecular weight is 368 g/mol. The van der Waals surface area contributed by atoms with Crippen LogP contribution in [0.15, 0.2) is 48.5 Å². The van der Waals surface area contributed by atoms with Gasteiger partial charge in [0, 0.05) is 3.57 Å². The fraction of sp³-hybridized carbons (Fsp3) is 0.250. The van der Waals surface area contributed by atoms with E-state index in [1.165, 1.54) is 0 Å². The second kappa shape index (κ2) is 6.91. The number of halogens is 1. The van der Waals surface area contributed by atoms with Gasteiger partial charge in [0.15, 0.2) is 0 Å². The molecule has 0 heterocycles. The van der Waals surface area contributed by atoms with Gasteiger partial charge in [0.05, 0.1) is 6.61 Å². The Labute approximate surface area is 127 Å². The lowest BCUT2D eigenvalue weighted by Crippen LogP contribution is -2.02. The summed E-state index contributed by atoms with van der Waals surface area (Å²) in [5, 5.41) is 10.4. The largest absolute Gasteiger partial charge is 0.494 e. The molecule has 100 valence electrons. The van der Waals surface area contributed by atoms with Crippen LogP contribution in [0.2, 0.25) is 0 Å². The van der Waals surface area contributed by atoms with Crippen LogP contribution in [0.25, 0.3) is 0 Å². The Kier molecular flexibility index (Phi) is 5.22. The van der Waals surface area contributed by atoms with E-state index in [2.05, 4.69) is 29.5 Å². The van der Waals surface area contributed by atoms with Gasteiger partial charge in [-0.2, -0.15) is 0 Å². The first-order chi connectivity index (χ1) is 9.22. The van der Waals surface area contributed by atoms with E-state index in [-0.39, 0.29) is 0 Å². The van der Waals surface area contributed by atoms with Gasteiger partial charge in [0.1, 0.15) is 11.9 Å². The molecular weight excluding hydrogens is 351 g/mol. The first-order valence-corrected chi connectivity index (χ1v) is 7.45. The fourth-order valence-corrected chi connectivity index (χ4v) is 2.53. The lowest BCUT2D eigenvalue weighted by atomic mass is 10.0. The molecule has 1 atom stereocenters. The molecule has 2 rings (SSSR count). The molecular formula is C16H17IO2. The van der Waals surface area contributed by atoms with Gasteiger partial charge in [0.2, 0.25) is 0 Å². The first-order valence-electron chi connectivity index (χ1n) is 6.37. The van der Waals surface area contributed by atoms with Crippen molar-refractivity contribution in [3.05, 3.63) is 63.2 Å². The SMILES string of the molecule is CCCOc1ccc(C(O)c2ccccc2I)cc1. The van der Waals surface area contributed by atoms with E-state index in [1.807, 2.05) is 48.5 Å². The predicted molar refractivity (Wildman–Crippen MR) is 85.4 cm³/mol. The van der Waals surface area contributed by atoms with E-state index in [0.717, 1.165) is 33.5 Å². The molecule has 19 heavy (non-hydrogen) atoms. The zero-order valence-corrected chi connectivity index (χ0v) is 13.0. The number of hydrogen-bond donors (Lipinski definition) is 1.